The Morgan fingerprint density at radius 2 is 1.92 bits per heavy atom. The van der Waals surface area contributed by atoms with E-state index in [0.29, 0.717) is 11.6 Å². The average Bonchev–Trinajstić information content (AvgIpc) is 3.06. The Balaban J connectivity index is 1.54. The van der Waals surface area contributed by atoms with E-state index in [2.05, 4.69) is 20.3 Å². The smallest absolute Gasteiger partial charge is 0.269 e. The van der Waals surface area contributed by atoms with Crippen LogP contribution < -0.4 is 10.2 Å². The van der Waals surface area contributed by atoms with Crippen molar-refractivity contribution in [3.63, 3.8) is 0 Å². The van der Waals surface area contributed by atoms with Crippen molar-refractivity contribution < 1.29 is 14.2 Å². The fourth-order valence-corrected chi connectivity index (χ4v) is 2.97. The highest BCUT2D eigenvalue weighted by atomic mass is 16.6. The summed E-state index contributed by atoms with van der Waals surface area (Å²) in [4.78, 5) is 26.9. The molecule has 9 nitrogen and oxygen atoms in total. The third-order valence-corrected chi connectivity index (χ3v) is 4.54. The summed E-state index contributed by atoms with van der Waals surface area (Å²) < 4.78 is 5.02. The maximum atomic E-state index is 12.4. The summed E-state index contributed by atoms with van der Waals surface area (Å²) in [6.07, 6.45) is 0. The van der Waals surface area contributed by atoms with Crippen molar-refractivity contribution in [2.24, 2.45) is 0 Å². The van der Waals surface area contributed by atoms with Crippen LogP contribution in [-0.2, 0) is 4.79 Å². The van der Waals surface area contributed by atoms with Gasteiger partial charge in [0.05, 0.1) is 16.7 Å². The number of non-ortho nitro benzene ring substituents is 1. The van der Waals surface area contributed by atoms with Crippen molar-refractivity contribution in [1.82, 2.24) is 10.1 Å². The first-order chi connectivity index (χ1) is 12.4. The highest BCUT2D eigenvalue weighted by molar-refractivity contribution is 5.93. The van der Waals surface area contributed by atoms with Crippen molar-refractivity contribution >= 4 is 23.2 Å². The van der Waals surface area contributed by atoms with E-state index in [1.165, 1.54) is 12.1 Å². The first-order valence-corrected chi connectivity index (χ1v) is 8.41. The minimum Gasteiger partial charge on any atom is -0.369 e. The monoisotopic (exact) mass is 359 g/mol. The summed E-state index contributed by atoms with van der Waals surface area (Å²) in [7, 11) is 0. The molecular formula is C17H21N5O4. The number of amides is 1. The Bertz CT molecular complexity index is 781. The van der Waals surface area contributed by atoms with Crippen molar-refractivity contribution in [2.75, 3.05) is 36.4 Å². The zero-order chi connectivity index (χ0) is 18.7. The molecule has 2 heterocycles. The van der Waals surface area contributed by atoms with Crippen molar-refractivity contribution in [2.45, 2.75) is 19.9 Å². The van der Waals surface area contributed by atoms with E-state index in [-0.39, 0.29) is 17.6 Å². The molecule has 0 unspecified atom stereocenters. The molecule has 2 aromatic rings. The summed E-state index contributed by atoms with van der Waals surface area (Å²) in [6.45, 7) is 6.59. The highest BCUT2D eigenvalue weighted by Crippen LogP contribution is 2.21. The van der Waals surface area contributed by atoms with Crippen LogP contribution in [0.2, 0.25) is 0 Å². The number of carbonyl (C=O) groups excluding carboxylic acids is 1. The number of carbonyl (C=O) groups is 1. The molecule has 1 aliphatic heterocycles. The Morgan fingerprint density at radius 1 is 1.27 bits per heavy atom. The number of nitro benzene ring substituents is 1. The summed E-state index contributed by atoms with van der Waals surface area (Å²) in [6, 6.07) is 7.93. The lowest BCUT2D eigenvalue weighted by atomic mass is 10.2. The molecule has 138 valence electrons. The lowest BCUT2D eigenvalue weighted by Gasteiger charge is -2.38. The second-order valence-electron chi connectivity index (χ2n) is 6.29. The van der Waals surface area contributed by atoms with Gasteiger partial charge in [-0.2, -0.15) is 0 Å². The van der Waals surface area contributed by atoms with Gasteiger partial charge in [-0.3, -0.25) is 25.1 Å². The standard InChI is InChI=1S/C17H21N5O4/c1-12-11-16(26-19-12)18-17(23)13(2)20-7-9-21(10-8-20)14-3-5-15(6-4-14)22(24)25/h3-6,11,13H,7-10H2,1-2H3,(H,18,23)/t13-/m0/s1. The number of benzene rings is 1. The lowest BCUT2D eigenvalue weighted by molar-refractivity contribution is -0.384. The quantitative estimate of drug-likeness (QED) is 0.643. The van der Waals surface area contributed by atoms with Crippen LogP contribution in [0.5, 0.6) is 0 Å². The fourth-order valence-electron chi connectivity index (χ4n) is 2.97. The minimum absolute atomic E-state index is 0.0836. The van der Waals surface area contributed by atoms with Gasteiger partial charge in [0, 0.05) is 50.1 Å². The van der Waals surface area contributed by atoms with Crippen LogP contribution in [0.25, 0.3) is 0 Å². The zero-order valence-corrected chi connectivity index (χ0v) is 14.7. The van der Waals surface area contributed by atoms with Gasteiger partial charge in [-0.1, -0.05) is 5.16 Å². The second kappa shape index (κ2) is 7.52. The molecule has 1 N–H and O–H groups in total. The van der Waals surface area contributed by atoms with Crippen molar-refractivity contribution in [3.05, 3.63) is 46.1 Å². The van der Waals surface area contributed by atoms with Gasteiger partial charge in [0.15, 0.2) is 0 Å². The van der Waals surface area contributed by atoms with E-state index in [1.54, 1.807) is 25.1 Å². The van der Waals surface area contributed by atoms with Crippen LogP contribution in [0, 0.1) is 17.0 Å². The number of rotatable bonds is 5. The minimum atomic E-state index is -0.405. The third-order valence-electron chi connectivity index (χ3n) is 4.54. The van der Waals surface area contributed by atoms with Crippen molar-refractivity contribution in [3.8, 4) is 0 Å². The molecule has 3 rings (SSSR count). The Labute approximate surface area is 150 Å². The van der Waals surface area contributed by atoms with Gasteiger partial charge < -0.3 is 9.42 Å². The van der Waals surface area contributed by atoms with Crippen LogP contribution in [-0.4, -0.2) is 53.1 Å². The molecule has 1 atom stereocenters. The predicted octanol–water partition coefficient (Wildman–Crippen LogP) is 2.04. The fraction of sp³-hybridized carbons (Fsp3) is 0.412. The molecule has 9 heteroatoms. The number of aromatic nitrogens is 1. The zero-order valence-electron chi connectivity index (χ0n) is 14.7. The summed E-state index contributed by atoms with van der Waals surface area (Å²) in [5, 5.41) is 17.2. The summed E-state index contributed by atoms with van der Waals surface area (Å²) in [5.41, 5.74) is 1.74. The van der Waals surface area contributed by atoms with Crippen molar-refractivity contribution in [1.29, 1.82) is 0 Å². The number of nitro groups is 1. The molecule has 1 fully saturated rings. The van der Waals surface area contributed by atoms with Gasteiger partial charge in [0.1, 0.15) is 0 Å². The maximum Gasteiger partial charge on any atom is 0.269 e. The molecular weight excluding hydrogens is 338 g/mol. The lowest BCUT2D eigenvalue weighted by Crippen LogP contribution is -2.52. The van der Waals surface area contributed by atoms with Crippen LogP contribution in [0.3, 0.4) is 0 Å². The first-order valence-electron chi connectivity index (χ1n) is 8.41. The first kappa shape index (κ1) is 17.9. The third kappa shape index (κ3) is 3.99. The highest BCUT2D eigenvalue weighted by Gasteiger charge is 2.26. The van der Waals surface area contributed by atoms with Gasteiger partial charge in [-0.05, 0) is 26.0 Å². The average molecular weight is 359 g/mol. The van der Waals surface area contributed by atoms with E-state index in [4.69, 9.17) is 4.52 Å². The number of hydrogen-bond acceptors (Lipinski definition) is 7. The molecule has 0 spiro atoms. The number of nitrogens with one attached hydrogen (secondary N) is 1. The van der Waals surface area contributed by atoms with E-state index < -0.39 is 4.92 Å². The summed E-state index contributed by atoms with van der Waals surface area (Å²) in [5.74, 6) is 0.216. The molecule has 1 aromatic carbocycles. The maximum absolute atomic E-state index is 12.4. The number of aryl methyl sites for hydroxylation is 1. The van der Waals surface area contributed by atoms with Gasteiger partial charge in [0.2, 0.25) is 11.8 Å². The Morgan fingerprint density at radius 3 is 2.46 bits per heavy atom. The molecule has 0 saturated carbocycles. The van der Waals surface area contributed by atoms with Gasteiger partial charge in [-0.25, -0.2) is 0 Å². The molecule has 1 aliphatic rings. The number of hydrogen-bond donors (Lipinski definition) is 1. The topological polar surface area (TPSA) is 105 Å². The number of anilines is 2. The molecule has 1 aromatic heterocycles. The van der Waals surface area contributed by atoms with E-state index >= 15 is 0 Å². The predicted molar refractivity (Wildman–Crippen MR) is 96.2 cm³/mol. The van der Waals surface area contributed by atoms with Gasteiger partial charge >= 0.3 is 0 Å². The van der Waals surface area contributed by atoms with Gasteiger partial charge in [-0.15, -0.1) is 0 Å². The SMILES string of the molecule is Cc1cc(NC(=O)[C@H](C)N2CCN(c3ccc([N+](=O)[O-])cc3)CC2)on1. The van der Waals surface area contributed by atoms with Gasteiger partial charge in [0.25, 0.3) is 5.69 Å². The molecule has 1 saturated heterocycles. The van der Waals surface area contributed by atoms with Crippen LogP contribution in [0.1, 0.15) is 12.6 Å². The second-order valence-corrected chi connectivity index (χ2v) is 6.29. The molecule has 0 bridgehead atoms. The normalized spacial score (nSPS) is 16.3. The number of piperazine rings is 1. The van der Waals surface area contributed by atoms with Crippen LogP contribution >= 0.6 is 0 Å². The van der Waals surface area contributed by atoms with Crippen LogP contribution in [0.4, 0.5) is 17.3 Å². The molecule has 1 amide bonds. The summed E-state index contributed by atoms with van der Waals surface area (Å²) >= 11 is 0. The molecule has 0 radical (unpaired) electrons. The molecule has 0 aliphatic carbocycles. The Kier molecular flexibility index (Phi) is 5.17. The number of nitrogens with zero attached hydrogens (tertiary/aromatic N) is 4. The van der Waals surface area contributed by atoms with E-state index in [9.17, 15) is 14.9 Å². The van der Waals surface area contributed by atoms with E-state index in [0.717, 1.165) is 31.9 Å². The van der Waals surface area contributed by atoms with Crippen LogP contribution in [0.15, 0.2) is 34.9 Å². The van der Waals surface area contributed by atoms with E-state index in [1.807, 2.05) is 6.92 Å². The Hall–Kier alpha value is -2.94. The largest absolute Gasteiger partial charge is 0.369 e. The molecule has 26 heavy (non-hydrogen) atoms.